The monoisotopic (exact) mass is 433 g/mol. The number of methoxy groups -OCH3 is 1. The minimum absolute atomic E-state index is 0. The molecule has 0 aliphatic rings. The molecule has 1 aromatic rings. The van der Waals surface area contributed by atoms with Crippen molar-refractivity contribution in [1.82, 2.24) is 5.32 Å². The second kappa shape index (κ2) is 9.72. The maximum Gasteiger partial charge on any atom is 0.573 e. The van der Waals surface area contributed by atoms with E-state index in [2.05, 4.69) is 15.0 Å². The Kier molecular flexibility index (Phi) is 9.18. The molecule has 1 aromatic carbocycles. The van der Waals surface area contributed by atoms with Crippen molar-refractivity contribution in [3.8, 4) is 5.75 Å². The van der Waals surface area contributed by atoms with Crippen LogP contribution in [0.3, 0.4) is 0 Å². The van der Waals surface area contributed by atoms with Gasteiger partial charge in [0.25, 0.3) is 0 Å². The number of rotatable bonds is 6. The fourth-order valence-electron chi connectivity index (χ4n) is 1.36. The van der Waals surface area contributed by atoms with Crippen molar-refractivity contribution in [3.63, 3.8) is 0 Å². The van der Waals surface area contributed by atoms with Gasteiger partial charge in [0.2, 0.25) is 0 Å². The molecule has 1 rings (SSSR count). The van der Waals surface area contributed by atoms with E-state index in [1.807, 2.05) is 6.92 Å². The molecule has 0 aromatic heterocycles. The summed E-state index contributed by atoms with van der Waals surface area (Å²) in [6.45, 7) is 2.65. The summed E-state index contributed by atoms with van der Waals surface area (Å²) in [4.78, 5) is 4.07. The predicted molar refractivity (Wildman–Crippen MR) is 88.3 cm³/mol. The smallest absolute Gasteiger partial charge is 0.406 e. The summed E-state index contributed by atoms with van der Waals surface area (Å²) in [7, 11) is 1.59. The maximum absolute atomic E-state index is 12.0. The summed E-state index contributed by atoms with van der Waals surface area (Å²) >= 11 is 0. The zero-order valence-electron chi connectivity index (χ0n) is 12.2. The Morgan fingerprint density at radius 2 is 1.91 bits per heavy atom. The Bertz CT molecular complexity index is 467. The molecule has 0 bridgehead atoms. The summed E-state index contributed by atoms with van der Waals surface area (Å²) in [5.74, 6) is -0.0234. The van der Waals surface area contributed by atoms with Gasteiger partial charge in [-0.15, -0.1) is 37.1 Å². The van der Waals surface area contributed by atoms with Gasteiger partial charge in [-0.1, -0.05) is 12.1 Å². The number of nitrogens with one attached hydrogen (secondary N) is 1. The minimum atomic E-state index is -4.69. The standard InChI is InChI=1S/C13H18F3N3O2.HI/c1-9(20-2)7-18-12(17)19-8-10-3-5-11(6-4-10)21-13(14,15)16;/h3-6,9H,7-8H2,1-2H3,(H3,17,18,19);1H. The van der Waals surface area contributed by atoms with Crippen LogP contribution in [0.25, 0.3) is 0 Å². The Hall–Kier alpha value is -1.23. The number of halogens is 4. The van der Waals surface area contributed by atoms with Crippen LogP contribution in [0.1, 0.15) is 12.5 Å². The summed E-state index contributed by atoms with van der Waals surface area (Å²) < 4.78 is 44.8. The number of nitrogens with two attached hydrogens (primary N) is 1. The molecule has 0 radical (unpaired) electrons. The van der Waals surface area contributed by atoms with E-state index >= 15 is 0 Å². The highest BCUT2D eigenvalue weighted by atomic mass is 127. The molecule has 0 saturated heterocycles. The van der Waals surface area contributed by atoms with E-state index in [0.717, 1.165) is 0 Å². The van der Waals surface area contributed by atoms with Gasteiger partial charge >= 0.3 is 6.36 Å². The van der Waals surface area contributed by atoms with E-state index in [1.54, 1.807) is 7.11 Å². The minimum Gasteiger partial charge on any atom is -0.406 e. The molecule has 0 spiro atoms. The average molecular weight is 433 g/mol. The van der Waals surface area contributed by atoms with Crippen LogP contribution in [-0.2, 0) is 11.3 Å². The van der Waals surface area contributed by atoms with Crippen LogP contribution in [-0.4, -0.2) is 32.1 Å². The summed E-state index contributed by atoms with van der Waals surface area (Å²) in [6, 6.07) is 5.45. The average Bonchev–Trinajstić information content (AvgIpc) is 2.42. The van der Waals surface area contributed by atoms with Crippen molar-refractivity contribution < 1.29 is 22.6 Å². The molecule has 0 saturated carbocycles. The molecule has 9 heteroatoms. The molecular weight excluding hydrogens is 414 g/mol. The Balaban J connectivity index is 0.00000441. The Morgan fingerprint density at radius 3 is 2.41 bits per heavy atom. The molecule has 1 atom stereocenters. The van der Waals surface area contributed by atoms with Gasteiger partial charge < -0.3 is 20.5 Å². The molecule has 1 unspecified atom stereocenters. The van der Waals surface area contributed by atoms with Crippen molar-refractivity contribution in [2.45, 2.75) is 25.9 Å². The zero-order valence-corrected chi connectivity index (χ0v) is 14.5. The highest BCUT2D eigenvalue weighted by molar-refractivity contribution is 14.0. The number of hydrogen-bond acceptors (Lipinski definition) is 3. The molecule has 0 amide bonds. The first kappa shape index (κ1) is 20.8. The van der Waals surface area contributed by atoms with Crippen molar-refractivity contribution in [2.75, 3.05) is 13.7 Å². The van der Waals surface area contributed by atoms with Crippen LogP contribution in [0.5, 0.6) is 5.75 Å². The van der Waals surface area contributed by atoms with Gasteiger partial charge in [-0.25, -0.2) is 4.99 Å². The molecule has 5 nitrogen and oxygen atoms in total. The maximum atomic E-state index is 12.0. The number of alkyl halides is 3. The molecule has 3 N–H and O–H groups in total. The summed E-state index contributed by atoms with van der Waals surface area (Å²) in [5, 5.41) is 2.88. The molecule has 0 aliphatic heterocycles. The number of nitrogens with zero attached hydrogens (tertiary/aromatic N) is 1. The van der Waals surface area contributed by atoms with Gasteiger partial charge in [0.1, 0.15) is 5.75 Å². The summed E-state index contributed by atoms with van der Waals surface area (Å²) in [6.07, 6.45) is -4.69. The SMILES string of the molecule is COC(C)CNC(N)=NCc1ccc(OC(F)(F)F)cc1.I. The molecule has 0 fully saturated rings. The lowest BCUT2D eigenvalue weighted by atomic mass is 10.2. The van der Waals surface area contributed by atoms with Crippen LogP contribution in [0.4, 0.5) is 13.2 Å². The fourth-order valence-corrected chi connectivity index (χ4v) is 1.36. The van der Waals surface area contributed by atoms with Crippen molar-refractivity contribution >= 4 is 29.9 Å². The van der Waals surface area contributed by atoms with Crippen molar-refractivity contribution in [1.29, 1.82) is 0 Å². The normalized spacial score (nSPS) is 13.2. The van der Waals surface area contributed by atoms with Crippen LogP contribution in [0.2, 0.25) is 0 Å². The van der Waals surface area contributed by atoms with Crippen molar-refractivity contribution in [3.05, 3.63) is 29.8 Å². The second-order valence-corrected chi connectivity index (χ2v) is 4.32. The van der Waals surface area contributed by atoms with E-state index in [-0.39, 0.29) is 48.3 Å². The topological polar surface area (TPSA) is 68.9 Å². The van der Waals surface area contributed by atoms with Gasteiger partial charge in [-0.2, -0.15) is 0 Å². The highest BCUT2D eigenvalue weighted by Crippen LogP contribution is 2.22. The number of aliphatic imine (C=N–C) groups is 1. The Morgan fingerprint density at radius 1 is 1.32 bits per heavy atom. The van der Waals surface area contributed by atoms with Crippen LogP contribution < -0.4 is 15.8 Å². The first-order valence-electron chi connectivity index (χ1n) is 6.21. The van der Waals surface area contributed by atoms with Gasteiger partial charge in [-0.05, 0) is 24.6 Å². The predicted octanol–water partition coefficient (Wildman–Crippen LogP) is 2.64. The van der Waals surface area contributed by atoms with Crippen LogP contribution in [0, 0.1) is 0 Å². The van der Waals surface area contributed by atoms with E-state index < -0.39 is 6.36 Å². The number of guanidine groups is 1. The molecule has 0 aliphatic carbocycles. The third-order valence-electron chi connectivity index (χ3n) is 2.56. The lowest BCUT2D eigenvalue weighted by Gasteiger charge is -2.11. The quantitative estimate of drug-likeness (QED) is 0.411. The number of ether oxygens (including phenoxy) is 2. The molecule has 0 heterocycles. The van der Waals surface area contributed by atoms with E-state index in [0.29, 0.717) is 12.1 Å². The highest BCUT2D eigenvalue weighted by Gasteiger charge is 2.30. The third-order valence-corrected chi connectivity index (χ3v) is 2.56. The van der Waals surface area contributed by atoms with E-state index in [4.69, 9.17) is 10.5 Å². The molecule has 22 heavy (non-hydrogen) atoms. The fraction of sp³-hybridized carbons (Fsp3) is 0.462. The van der Waals surface area contributed by atoms with Gasteiger partial charge in [0, 0.05) is 13.7 Å². The van der Waals surface area contributed by atoms with Gasteiger partial charge in [0.15, 0.2) is 5.96 Å². The number of hydrogen-bond donors (Lipinski definition) is 2. The number of benzene rings is 1. The second-order valence-electron chi connectivity index (χ2n) is 4.32. The largest absolute Gasteiger partial charge is 0.573 e. The molecule has 126 valence electrons. The first-order chi connectivity index (χ1) is 9.80. The van der Waals surface area contributed by atoms with Crippen LogP contribution >= 0.6 is 24.0 Å². The lowest BCUT2D eigenvalue weighted by molar-refractivity contribution is -0.274. The van der Waals surface area contributed by atoms with E-state index in [1.165, 1.54) is 24.3 Å². The van der Waals surface area contributed by atoms with E-state index in [9.17, 15) is 13.2 Å². The first-order valence-corrected chi connectivity index (χ1v) is 6.21. The zero-order chi connectivity index (χ0) is 15.9. The Labute approximate surface area is 144 Å². The van der Waals surface area contributed by atoms with Gasteiger partial charge in [0.05, 0.1) is 12.6 Å². The third kappa shape index (κ3) is 8.93. The molecular formula is C13H19F3IN3O2. The van der Waals surface area contributed by atoms with Crippen molar-refractivity contribution in [2.24, 2.45) is 10.7 Å². The van der Waals surface area contributed by atoms with Gasteiger partial charge in [-0.3, -0.25) is 0 Å². The lowest BCUT2D eigenvalue weighted by Crippen LogP contribution is -2.37. The summed E-state index contributed by atoms with van der Waals surface area (Å²) in [5.41, 5.74) is 6.36. The van der Waals surface area contributed by atoms with Crippen LogP contribution in [0.15, 0.2) is 29.3 Å².